The molecule has 142 valence electrons. The fourth-order valence-corrected chi connectivity index (χ4v) is 3.03. The molecule has 0 aliphatic carbocycles. The molecule has 3 rings (SSSR count). The lowest BCUT2D eigenvalue weighted by atomic mass is 10.1. The summed E-state index contributed by atoms with van der Waals surface area (Å²) < 4.78 is 12.9. The van der Waals surface area contributed by atoms with Crippen LogP contribution >= 0.6 is 0 Å². The number of nitrogens with zero attached hydrogens (tertiary/aromatic N) is 3. The summed E-state index contributed by atoms with van der Waals surface area (Å²) in [6, 6.07) is 12.6. The third-order valence-electron chi connectivity index (χ3n) is 4.60. The van der Waals surface area contributed by atoms with Crippen molar-refractivity contribution in [1.29, 1.82) is 0 Å². The molecule has 27 heavy (non-hydrogen) atoms. The van der Waals surface area contributed by atoms with Crippen molar-refractivity contribution in [3.05, 3.63) is 70.0 Å². The van der Waals surface area contributed by atoms with Gasteiger partial charge in [-0.25, -0.2) is 9.18 Å². The Morgan fingerprint density at radius 2 is 1.67 bits per heavy atom. The lowest BCUT2D eigenvalue weighted by Gasteiger charge is -2.36. The molecule has 0 atom stereocenters. The molecule has 0 aromatic heterocycles. The maximum absolute atomic E-state index is 12.9. The number of carbonyl (C=O) groups excluding carboxylic acids is 1. The van der Waals surface area contributed by atoms with Crippen LogP contribution in [0.5, 0.6) is 0 Å². The van der Waals surface area contributed by atoms with Crippen LogP contribution in [0.25, 0.3) is 0 Å². The standard InChI is InChI=1S/C19H21FN4O3/c20-16-3-1-15(2-4-16)9-10-21-19(25)23-13-11-22(12-14-23)17-5-7-18(8-6-17)24(26)27/h1-8H,9-14H2,(H,21,25). The second-order valence-corrected chi connectivity index (χ2v) is 6.36. The van der Waals surface area contributed by atoms with E-state index >= 15 is 0 Å². The van der Waals surface area contributed by atoms with Gasteiger partial charge in [0.2, 0.25) is 0 Å². The van der Waals surface area contributed by atoms with Gasteiger partial charge in [-0.3, -0.25) is 10.1 Å². The van der Waals surface area contributed by atoms with Crippen molar-refractivity contribution >= 4 is 17.4 Å². The molecule has 0 bridgehead atoms. The van der Waals surface area contributed by atoms with Crippen LogP contribution < -0.4 is 10.2 Å². The van der Waals surface area contributed by atoms with Gasteiger partial charge in [-0.1, -0.05) is 12.1 Å². The highest BCUT2D eigenvalue weighted by atomic mass is 19.1. The number of rotatable bonds is 5. The van der Waals surface area contributed by atoms with Gasteiger partial charge in [0.25, 0.3) is 5.69 Å². The van der Waals surface area contributed by atoms with Crippen LogP contribution in [0, 0.1) is 15.9 Å². The monoisotopic (exact) mass is 372 g/mol. The minimum Gasteiger partial charge on any atom is -0.368 e. The first-order chi connectivity index (χ1) is 13.0. The average molecular weight is 372 g/mol. The predicted octanol–water partition coefficient (Wildman–Crippen LogP) is 2.81. The van der Waals surface area contributed by atoms with E-state index in [1.165, 1.54) is 24.3 Å². The van der Waals surface area contributed by atoms with Gasteiger partial charge in [0, 0.05) is 50.5 Å². The zero-order valence-electron chi connectivity index (χ0n) is 14.8. The second-order valence-electron chi connectivity index (χ2n) is 6.36. The van der Waals surface area contributed by atoms with Gasteiger partial charge in [0.1, 0.15) is 5.82 Å². The molecule has 1 aliphatic rings. The SMILES string of the molecule is O=C(NCCc1ccc(F)cc1)N1CCN(c2ccc([N+](=O)[O-])cc2)CC1. The van der Waals surface area contributed by atoms with E-state index in [9.17, 15) is 19.3 Å². The zero-order chi connectivity index (χ0) is 19.2. The molecule has 1 aliphatic heterocycles. The van der Waals surface area contributed by atoms with E-state index in [0.717, 1.165) is 11.3 Å². The number of anilines is 1. The molecule has 7 nitrogen and oxygen atoms in total. The predicted molar refractivity (Wildman–Crippen MR) is 100 cm³/mol. The molecule has 2 aromatic rings. The number of halogens is 1. The molecule has 1 heterocycles. The van der Waals surface area contributed by atoms with Crippen LogP contribution in [0.3, 0.4) is 0 Å². The number of nitro benzene ring substituents is 1. The quantitative estimate of drug-likeness (QED) is 0.647. The van der Waals surface area contributed by atoms with Crippen LogP contribution in [0.2, 0.25) is 0 Å². The normalized spacial score (nSPS) is 14.1. The molecular formula is C19H21FN4O3. The highest BCUT2D eigenvalue weighted by molar-refractivity contribution is 5.74. The van der Waals surface area contributed by atoms with Gasteiger partial charge in [-0.2, -0.15) is 0 Å². The first-order valence-corrected chi connectivity index (χ1v) is 8.79. The highest BCUT2D eigenvalue weighted by Crippen LogP contribution is 2.20. The molecule has 1 fully saturated rings. The summed E-state index contributed by atoms with van der Waals surface area (Å²) in [6.07, 6.45) is 0.648. The molecular weight excluding hydrogens is 351 g/mol. The lowest BCUT2D eigenvalue weighted by molar-refractivity contribution is -0.384. The fraction of sp³-hybridized carbons (Fsp3) is 0.316. The van der Waals surface area contributed by atoms with E-state index in [1.54, 1.807) is 29.2 Å². The van der Waals surface area contributed by atoms with Gasteiger partial charge in [0.05, 0.1) is 4.92 Å². The Labute approximate surface area is 156 Å². The van der Waals surface area contributed by atoms with Crippen molar-refractivity contribution in [2.75, 3.05) is 37.6 Å². The molecule has 0 radical (unpaired) electrons. The van der Waals surface area contributed by atoms with Gasteiger partial charge < -0.3 is 15.1 Å². The summed E-state index contributed by atoms with van der Waals surface area (Å²) >= 11 is 0. The lowest BCUT2D eigenvalue weighted by Crippen LogP contribution is -2.52. The average Bonchev–Trinajstić information content (AvgIpc) is 2.69. The number of nitrogens with one attached hydrogen (secondary N) is 1. The Morgan fingerprint density at radius 3 is 2.26 bits per heavy atom. The molecule has 0 spiro atoms. The van der Waals surface area contributed by atoms with Crippen LogP contribution in [-0.2, 0) is 6.42 Å². The molecule has 2 amide bonds. The fourth-order valence-electron chi connectivity index (χ4n) is 3.03. The summed E-state index contributed by atoms with van der Waals surface area (Å²) in [6.45, 7) is 3.00. The smallest absolute Gasteiger partial charge is 0.317 e. The molecule has 1 saturated heterocycles. The van der Waals surface area contributed by atoms with E-state index in [1.807, 2.05) is 0 Å². The summed E-state index contributed by atoms with van der Waals surface area (Å²) in [5.41, 5.74) is 1.95. The summed E-state index contributed by atoms with van der Waals surface area (Å²) in [7, 11) is 0. The molecule has 0 unspecified atom stereocenters. The van der Waals surface area contributed by atoms with Crippen molar-refractivity contribution in [2.24, 2.45) is 0 Å². The van der Waals surface area contributed by atoms with E-state index in [2.05, 4.69) is 10.2 Å². The Bertz CT molecular complexity index is 788. The largest absolute Gasteiger partial charge is 0.368 e. The van der Waals surface area contributed by atoms with Crippen LogP contribution in [0.4, 0.5) is 20.6 Å². The first kappa shape index (κ1) is 18.6. The molecule has 0 saturated carbocycles. The van der Waals surface area contributed by atoms with E-state index in [-0.39, 0.29) is 17.5 Å². The number of benzene rings is 2. The van der Waals surface area contributed by atoms with Gasteiger partial charge in [0.15, 0.2) is 0 Å². The number of hydrogen-bond donors (Lipinski definition) is 1. The summed E-state index contributed by atoms with van der Waals surface area (Å²) in [5, 5.41) is 13.6. The Balaban J connectivity index is 1.43. The van der Waals surface area contributed by atoms with Crippen LogP contribution in [0.15, 0.2) is 48.5 Å². The highest BCUT2D eigenvalue weighted by Gasteiger charge is 2.21. The third kappa shape index (κ3) is 4.93. The third-order valence-corrected chi connectivity index (χ3v) is 4.60. The van der Waals surface area contributed by atoms with Crippen molar-refractivity contribution in [3.8, 4) is 0 Å². The summed E-state index contributed by atoms with van der Waals surface area (Å²) in [4.78, 5) is 26.4. The minimum absolute atomic E-state index is 0.0675. The number of non-ortho nitro benzene ring substituents is 1. The number of nitro groups is 1. The second kappa shape index (κ2) is 8.48. The van der Waals surface area contributed by atoms with Gasteiger partial charge in [-0.05, 0) is 36.2 Å². The van der Waals surface area contributed by atoms with Crippen LogP contribution in [-0.4, -0.2) is 48.6 Å². The minimum atomic E-state index is -0.419. The van der Waals surface area contributed by atoms with E-state index in [4.69, 9.17) is 0 Å². The Morgan fingerprint density at radius 1 is 1.04 bits per heavy atom. The van der Waals surface area contributed by atoms with E-state index in [0.29, 0.717) is 39.1 Å². The zero-order valence-corrected chi connectivity index (χ0v) is 14.8. The molecule has 2 aromatic carbocycles. The first-order valence-electron chi connectivity index (χ1n) is 8.79. The van der Waals surface area contributed by atoms with Gasteiger partial charge in [-0.15, -0.1) is 0 Å². The molecule has 8 heteroatoms. The maximum atomic E-state index is 12.9. The van der Waals surface area contributed by atoms with Crippen molar-refractivity contribution in [2.45, 2.75) is 6.42 Å². The van der Waals surface area contributed by atoms with Crippen molar-refractivity contribution in [1.82, 2.24) is 10.2 Å². The Hall–Kier alpha value is -3.16. The Kier molecular flexibility index (Phi) is 5.85. The number of hydrogen-bond acceptors (Lipinski definition) is 4. The van der Waals surface area contributed by atoms with Crippen molar-refractivity contribution in [3.63, 3.8) is 0 Å². The van der Waals surface area contributed by atoms with Crippen molar-refractivity contribution < 1.29 is 14.1 Å². The maximum Gasteiger partial charge on any atom is 0.317 e. The van der Waals surface area contributed by atoms with Crippen LogP contribution in [0.1, 0.15) is 5.56 Å². The number of carbonyl (C=O) groups is 1. The number of urea groups is 1. The number of piperazine rings is 1. The van der Waals surface area contributed by atoms with E-state index < -0.39 is 4.92 Å². The topological polar surface area (TPSA) is 78.7 Å². The number of amides is 2. The molecule has 1 N–H and O–H groups in total. The van der Waals surface area contributed by atoms with Gasteiger partial charge >= 0.3 is 6.03 Å². The summed E-state index contributed by atoms with van der Waals surface area (Å²) in [5.74, 6) is -0.270.